The summed E-state index contributed by atoms with van der Waals surface area (Å²) in [6.45, 7) is 2.04. The van der Waals surface area contributed by atoms with Crippen LogP contribution in [-0.4, -0.2) is 22.1 Å². The second-order valence-electron chi connectivity index (χ2n) is 5.57. The quantitative estimate of drug-likeness (QED) is 0.758. The van der Waals surface area contributed by atoms with Crippen LogP contribution in [0.25, 0.3) is 10.9 Å². The van der Waals surface area contributed by atoms with Crippen LogP contribution in [0.2, 0.25) is 0 Å². The van der Waals surface area contributed by atoms with Gasteiger partial charge in [-0.25, -0.2) is 0 Å². The summed E-state index contributed by atoms with van der Waals surface area (Å²) in [6.07, 6.45) is 3.63. The number of hydrogen-bond acceptors (Lipinski definition) is 2. The highest BCUT2D eigenvalue weighted by atomic mass is 16.1. The second kappa shape index (κ2) is 6.43. The van der Waals surface area contributed by atoms with E-state index in [0.29, 0.717) is 5.56 Å². The molecule has 4 nitrogen and oxygen atoms in total. The van der Waals surface area contributed by atoms with E-state index in [2.05, 4.69) is 27.6 Å². The molecule has 0 saturated carbocycles. The molecule has 1 aromatic heterocycles. The van der Waals surface area contributed by atoms with Crippen LogP contribution >= 0.6 is 0 Å². The van der Waals surface area contributed by atoms with Crippen molar-refractivity contribution in [2.75, 3.05) is 0 Å². The Bertz CT molecular complexity index is 764. The Morgan fingerprint density at radius 1 is 1.23 bits per heavy atom. The summed E-state index contributed by atoms with van der Waals surface area (Å²) in [6, 6.07) is 16.0. The summed E-state index contributed by atoms with van der Waals surface area (Å²) >= 11 is 0. The van der Waals surface area contributed by atoms with Crippen LogP contribution in [0.5, 0.6) is 0 Å². The van der Waals surface area contributed by atoms with Crippen molar-refractivity contribution in [1.29, 1.82) is 0 Å². The molecule has 0 radical (unpaired) electrons. The van der Waals surface area contributed by atoms with Gasteiger partial charge in [0.2, 0.25) is 0 Å². The fourth-order valence-electron chi connectivity index (χ4n) is 2.49. The molecule has 0 aliphatic heterocycles. The van der Waals surface area contributed by atoms with Gasteiger partial charge in [-0.3, -0.25) is 9.89 Å². The molecule has 4 heteroatoms. The maximum atomic E-state index is 12.3. The smallest absolute Gasteiger partial charge is 0.251 e. The zero-order chi connectivity index (χ0) is 15.4. The lowest BCUT2D eigenvalue weighted by Gasteiger charge is -2.14. The molecule has 0 spiro atoms. The van der Waals surface area contributed by atoms with E-state index in [9.17, 15) is 4.79 Å². The molecule has 0 unspecified atom stereocenters. The summed E-state index contributed by atoms with van der Waals surface area (Å²) in [7, 11) is 0. The van der Waals surface area contributed by atoms with Crippen molar-refractivity contribution in [2.24, 2.45) is 0 Å². The summed E-state index contributed by atoms with van der Waals surface area (Å²) in [5.74, 6) is -0.0444. The van der Waals surface area contributed by atoms with Crippen molar-refractivity contribution in [3.8, 4) is 0 Å². The van der Waals surface area contributed by atoms with Gasteiger partial charge in [-0.2, -0.15) is 5.10 Å². The molecule has 2 N–H and O–H groups in total. The molecule has 1 atom stereocenters. The standard InChI is InChI=1S/C18H19N3O/c1-13(7-8-14-5-3-2-4-6-14)20-18(22)15-9-10-16-12-19-21-17(16)11-15/h2-6,9-13H,7-8H2,1H3,(H,19,21)(H,20,22)/t13-/m0/s1. The summed E-state index contributed by atoms with van der Waals surface area (Å²) in [4.78, 5) is 12.3. The SMILES string of the molecule is C[C@@H](CCc1ccccc1)NC(=O)c1ccc2cn[nH]c2c1. The van der Waals surface area contributed by atoms with E-state index < -0.39 is 0 Å². The van der Waals surface area contributed by atoms with Crippen LogP contribution in [0.3, 0.4) is 0 Å². The molecule has 3 aromatic rings. The molecule has 3 rings (SSSR count). The van der Waals surface area contributed by atoms with Gasteiger partial charge in [0, 0.05) is 17.0 Å². The average molecular weight is 293 g/mol. The van der Waals surface area contributed by atoms with Gasteiger partial charge in [0.15, 0.2) is 0 Å². The van der Waals surface area contributed by atoms with Gasteiger partial charge in [0.25, 0.3) is 5.91 Å². The Morgan fingerprint density at radius 3 is 2.86 bits per heavy atom. The van der Waals surface area contributed by atoms with E-state index in [1.54, 1.807) is 6.20 Å². The number of nitrogens with one attached hydrogen (secondary N) is 2. The van der Waals surface area contributed by atoms with Crippen molar-refractivity contribution in [2.45, 2.75) is 25.8 Å². The van der Waals surface area contributed by atoms with Crippen LogP contribution in [0.4, 0.5) is 0 Å². The predicted octanol–water partition coefficient (Wildman–Crippen LogP) is 3.31. The molecule has 2 aromatic carbocycles. The number of aryl methyl sites for hydroxylation is 1. The highest BCUT2D eigenvalue weighted by molar-refractivity contribution is 5.97. The van der Waals surface area contributed by atoms with Crippen LogP contribution in [-0.2, 0) is 6.42 Å². The molecule has 0 fully saturated rings. The van der Waals surface area contributed by atoms with Crippen LogP contribution in [0.1, 0.15) is 29.3 Å². The van der Waals surface area contributed by atoms with Crippen LogP contribution < -0.4 is 5.32 Å². The van der Waals surface area contributed by atoms with Crippen molar-refractivity contribution in [1.82, 2.24) is 15.5 Å². The van der Waals surface area contributed by atoms with Crippen molar-refractivity contribution >= 4 is 16.8 Å². The first kappa shape index (κ1) is 14.3. The molecule has 0 aliphatic carbocycles. The van der Waals surface area contributed by atoms with E-state index in [1.807, 2.05) is 43.3 Å². The van der Waals surface area contributed by atoms with E-state index in [1.165, 1.54) is 5.56 Å². The second-order valence-corrected chi connectivity index (χ2v) is 5.57. The highest BCUT2D eigenvalue weighted by Crippen LogP contribution is 2.13. The fraction of sp³-hybridized carbons (Fsp3) is 0.222. The first-order valence-corrected chi connectivity index (χ1v) is 7.50. The predicted molar refractivity (Wildman–Crippen MR) is 87.8 cm³/mol. The Morgan fingerprint density at radius 2 is 2.05 bits per heavy atom. The summed E-state index contributed by atoms with van der Waals surface area (Å²) in [5.41, 5.74) is 2.83. The number of carbonyl (C=O) groups is 1. The van der Waals surface area contributed by atoms with Crippen molar-refractivity contribution in [3.05, 3.63) is 65.9 Å². The van der Waals surface area contributed by atoms with Gasteiger partial charge in [-0.05, 0) is 37.5 Å². The number of rotatable bonds is 5. The van der Waals surface area contributed by atoms with Crippen molar-refractivity contribution in [3.63, 3.8) is 0 Å². The number of fused-ring (bicyclic) bond motifs is 1. The lowest BCUT2D eigenvalue weighted by molar-refractivity contribution is 0.0938. The molecule has 22 heavy (non-hydrogen) atoms. The minimum atomic E-state index is -0.0444. The number of aromatic amines is 1. The maximum Gasteiger partial charge on any atom is 0.251 e. The summed E-state index contributed by atoms with van der Waals surface area (Å²) < 4.78 is 0. The Hall–Kier alpha value is -2.62. The Balaban J connectivity index is 1.58. The molecular formula is C18H19N3O. The van der Waals surface area contributed by atoms with Gasteiger partial charge in [0.05, 0.1) is 11.7 Å². The van der Waals surface area contributed by atoms with Crippen LogP contribution in [0, 0.1) is 0 Å². The largest absolute Gasteiger partial charge is 0.350 e. The van der Waals surface area contributed by atoms with Gasteiger partial charge < -0.3 is 5.32 Å². The lowest BCUT2D eigenvalue weighted by atomic mass is 10.1. The first-order valence-electron chi connectivity index (χ1n) is 7.50. The van der Waals surface area contributed by atoms with E-state index in [4.69, 9.17) is 0 Å². The highest BCUT2D eigenvalue weighted by Gasteiger charge is 2.10. The third-order valence-corrected chi connectivity index (χ3v) is 3.79. The topological polar surface area (TPSA) is 57.8 Å². The maximum absolute atomic E-state index is 12.3. The number of H-pyrrole nitrogens is 1. The number of nitrogens with zero attached hydrogens (tertiary/aromatic N) is 1. The number of aromatic nitrogens is 2. The molecule has 112 valence electrons. The third kappa shape index (κ3) is 3.34. The van der Waals surface area contributed by atoms with Gasteiger partial charge in [0.1, 0.15) is 0 Å². The lowest BCUT2D eigenvalue weighted by Crippen LogP contribution is -2.32. The van der Waals surface area contributed by atoms with Crippen molar-refractivity contribution < 1.29 is 4.79 Å². The zero-order valence-electron chi connectivity index (χ0n) is 12.5. The number of hydrogen-bond donors (Lipinski definition) is 2. The Kier molecular flexibility index (Phi) is 4.19. The third-order valence-electron chi connectivity index (χ3n) is 3.79. The van der Waals surface area contributed by atoms with Gasteiger partial charge in [-0.15, -0.1) is 0 Å². The molecule has 0 saturated heterocycles. The van der Waals surface area contributed by atoms with E-state index >= 15 is 0 Å². The Labute approximate surface area is 129 Å². The zero-order valence-corrected chi connectivity index (χ0v) is 12.5. The molecule has 0 aliphatic rings. The van der Waals surface area contributed by atoms with E-state index in [0.717, 1.165) is 23.7 Å². The first-order chi connectivity index (χ1) is 10.7. The monoisotopic (exact) mass is 293 g/mol. The van der Waals surface area contributed by atoms with E-state index in [-0.39, 0.29) is 11.9 Å². The van der Waals surface area contributed by atoms with Gasteiger partial charge >= 0.3 is 0 Å². The molecule has 0 bridgehead atoms. The molecule has 1 amide bonds. The normalized spacial score (nSPS) is 12.2. The fourth-order valence-corrected chi connectivity index (χ4v) is 2.49. The van der Waals surface area contributed by atoms with Gasteiger partial charge in [-0.1, -0.05) is 36.4 Å². The number of amides is 1. The molecule has 1 heterocycles. The molecular weight excluding hydrogens is 274 g/mol. The minimum absolute atomic E-state index is 0.0444. The minimum Gasteiger partial charge on any atom is -0.350 e. The average Bonchev–Trinajstić information content (AvgIpc) is 3.01. The number of carbonyl (C=O) groups excluding carboxylic acids is 1. The van der Waals surface area contributed by atoms with Crippen LogP contribution in [0.15, 0.2) is 54.7 Å². The number of benzene rings is 2. The summed E-state index contributed by atoms with van der Waals surface area (Å²) in [5, 5.41) is 10.9.